The summed E-state index contributed by atoms with van der Waals surface area (Å²) in [5, 5.41) is 0.467. The van der Waals surface area contributed by atoms with Gasteiger partial charge in [0.2, 0.25) is 0 Å². The van der Waals surface area contributed by atoms with Crippen molar-refractivity contribution in [3.05, 3.63) is 69.7 Å². The third-order valence-electron chi connectivity index (χ3n) is 2.71. The summed E-state index contributed by atoms with van der Waals surface area (Å²) in [5.74, 6) is -0.617. The highest BCUT2D eigenvalue weighted by molar-refractivity contribution is 9.09. The Balaban J connectivity index is 2.44. The van der Waals surface area contributed by atoms with Gasteiger partial charge < -0.3 is 0 Å². The molecule has 2 aromatic carbocycles. The summed E-state index contributed by atoms with van der Waals surface area (Å²) >= 11 is 9.27. The zero-order valence-corrected chi connectivity index (χ0v) is 11.9. The molecular formula is C14H10BrClF2. The molecule has 0 aromatic heterocycles. The fourth-order valence-electron chi connectivity index (χ4n) is 1.71. The van der Waals surface area contributed by atoms with Crippen LogP contribution in [0.25, 0.3) is 0 Å². The Kier molecular flexibility index (Phi) is 4.03. The van der Waals surface area contributed by atoms with Crippen LogP contribution in [-0.4, -0.2) is 0 Å². The van der Waals surface area contributed by atoms with Crippen LogP contribution in [0.4, 0.5) is 8.78 Å². The molecule has 0 radical (unpaired) electrons. The van der Waals surface area contributed by atoms with Gasteiger partial charge in [0.15, 0.2) is 0 Å². The Hall–Kier alpha value is -0.930. The van der Waals surface area contributed by atoms with E-state index in [-0.39, 0.29) is 16.5 Å². The molecule has 0 aliphatic carbocycles. The molecule has 2 rings (SSSR count). The van der Waals surface area contributed by atoms with Crippen LogP contribution >= 0.6 is 27.5 Å². The zero-order valence-electron chi connectivity index (χ0n) is 9.55. The Morgan fingerprint density at radius 3 is 2.39 bits per heavy atom. The molecule has 0 fully saturated rings. The van der Waals surface area contributed by atoms with Crippen molar-refractivity contribution in [1.82, 2.24) is 0 Å². The first-order valence-electron chi connectivity index (χ1n) is 5.34. The topological polar surface area (TPSA) is 0 Å². The lowest BCUT2D eigenvalue weighted by Gasteiger charge is -2.13. The number of alkyl halides is 1. The number of hydrogen-bond donors (Lipinski definition) is 0. The van der Waals surface area contributed by atoms with E-state index < -0.39 is 0 Å². The number of rotatable bonds is 2. The van der Waals surface area contributed by atoms with Crippen LogP contribution in [0.15, 0.2) is 36.4 Å². The lowest BCUT2D eigenvalue weighted by Crippen LogP contribution is -1.98. The van der Waals surface area contributed by atoms with Crippen molar-refractivity contribution in [3.63, 3.8) is 0 Å². The second-order valence-electron chi connectivity index (χ2n) is 4.04. The van der Waals surface area contributed by atoms with Gasteiger partial charge in [-0.3, -0.25) is 0 Å². The van der Waals surface area contributed by atoms with Gasteiger partial charge in [0, 0.05) is 10.6 Å². The van der Waals surface area contributed by atoms with E-state index >= 15 is 0 Å². The molecule has 0 saturated heterocycles. The smallest absolute Gasteiger partial charge is 0.127 e. The first-order valence-corrected chi connectivity index (χ1v) is 6.63. The second-order valence-corrected chi connectivity index (χ2v) is 5.39. The van der Waals surface area contributed by atoms with Crippen molar-refractivity contribution in [2.45, 2.75) is 11.8 Å². The van der Waals surface area contributed by atoms with Crippen molar-refractivity contribution < 1.29 is 8.78 Å². The van der Waals surface area contributed by atoms with E-state index in [0.717, 1.165) is 5.56 Å². The average molecular weight is 332 g/mol. The average Bonchev–Trinajstić information content (AvgIpc) is 2.35. The predicted molar refractivity (Wildman–Crippen MR) is 73.3 cm³/mol. The lowest BCUT2D eigenvalue weighted by molar-refractivity contribution is 0.611. The zero-order chi connectivity index (χ0) is 13.3. The maximum absolute atomic E-state index is 13.7. The molecule has 0 amide bonds. The lowest BCUT2D eigenvalue weighted by atomic mass is 10.0. The molecule has 0 aliphatic heterocycles. The summed E-state index contributed by atoms with van der Waals surface area (Å²) in [4.78, 5) is -0.351. The van der Waals surface area contributed by atoms with Gasteiger partial charge in [-0.05, 0) is 42.3 Å². The molecule has 0 nitrogen and oxygen atoms in total. The van der Waals surface area contributed by atoms with Crippen LogP contribution in [0.5, 0.6) is 0 Å². The second kappa shape index (κ2) is 5.37. The van der Waals surface area contributed by atoms with Crippen molar-refractivity contribution in [2.75, 3.05) is 0 Å². The van der Waals surface area contributed by atoms with E-state index in [2.05, 4.69) is 15.9 Å². The molecule has 1 atom stereocenters. The minimum Gasteiger partial charge on any atom is -0.207 e. The Morgan fingerprint density at radius 1 is 1.06 bits per heavy atom. The van der Waals surface area contributed by atoms with Gasteiger partial charge in [0.05, 0.1) is 4.83 Å². The highest BCUT2D eigenvalue weighted by Crippen LogP contribution is 2.34. The molecule has 0 N–H and O–H groups in total. The minimum absolute atomic E-state index is 0.273. The Bertz CT molecular complexity index is 584. The van der Waals surface area contributed by atoms with Crippen LogP contribution in [0.1, 0.15) is 21.5 Å². The molecular weight excluding hydrogens is 322 g/mol. The van der Waals surface area contributed by atoms with Crippen molar-refractivity contribution in [3.8, 4) is 0 Å². The number of hydrogen-bond acceptors (Lipinski definition) is 0. The SMILES string of the molecule is Cc1cc(C(Br)c2cc(Cl)ccc2F)ccc1F. The molecule has 94 valence electrons. The van der Waals surface area contributed by atoms with Crippen LogP contribution in [0.3, 0.4) is 0 Å². The summed E-state index contributed by atoms with van der Waals surface area (Å²) in [6.45, 7) is 1.67. The summed E-state index contributed by atoms with van der Waals surface area (Å²) in [6, 6.07) is 9.08. The highest BCUT2D eigenvalue weighted by Gasteiger charge is 2.16. The third-order valence-corrected chi connectivity index (χ3v) is 3.96. The first-order chi connectivity index (χ1) is 8.49. The monoisotopic (exact) mass is 330 g/mol. The molecule has 1 unspecified atom stereocenters. The van der Waals surface area contributed by atoms with Crippen LogP contribution in [-0.2, 0) is 0 Å². The Labute approximate surface area is 118 Å². The van der Waals surface area contributed by atoms with Crippen molar-refractivity contribution in [2.24, 2.45) is 0 Å². The molecule has 4 heteroatoms. The molecule has 0 saturated carbocycles. The van der Waals surface area contributed by atoms with Gasteiger partial charge in [-0.2, -0.15) is 0 Å². The molecule has 0 spiro atoms. The summed E-state index contributed by atoms with van der Waals surface area (Å²) in [5.41, 5.74) is 1.75. The number of halogens is 4. The van der Waals surface area contributed by atoms with Crippen molar-refractivity contribution >= 4 is 27.5 Å². The third kappa shape index (κ3) is 2.73. The molecule has 2 aromatic rings. The van der Waals surface area contributed by atoms with Gasteiger partial charge >= 0.3 is 0 Å². The number of benzene rings is 2. The van der Waals surface area contributed by atoms with E-state index in [4.69, 9.17) is 11.6 Å². The Morgan fingerprint density at radius 2 is 1.72 bits per heavy atom. The van der Waals surface area contributed by atoms with Gasteiger partial charge in [-0.25, -0.2) is 8.78 Å². The standard InChI is InChI=1S/C14H10BrClF2/c1-8-6-9(2-4-12(8)17)14(15)11-7-10(16)3-5-13(11)18/h2-7,14H,1H3. The van der Waals surface area contributed by atoms with E-state index in [1.54, 1.807) is 25.1 Å². The maximum Gasteiger partial charge on any atom is 0.127 e. The van der Waals surface area contributed by atoms with E-state index in [0.29, 0.717) is 16.1 Å². The van der Waals surface area contributed by atoms with Gasteiger partial charge in [-0.1, -0.05) is 39.7 Å². The van der Waals surface area contributed by atoms with Crippen LogP contribution < -0.4 is 0 Å². The maximum atomic E-state index is 13.7. The molecule has 18 heavy (non-hydrogen) atoms. The van der Waals surface area contributed by atoms with Gasteiger partial charge in [0.1, 0.15) is 11.6 Å². The normalized spacial score (nSPS) is 12.5. The summed E-state index contributed by atoms with van der Waals surface area (Å²) < 4.78 is 26.9. The first kappa shape index (κ1) is 13.5. The molecule has 0 bridgehead atoms. The minimum atomic E-state index is -0.351. The number of aryl methyl sites for hydroxylation is 1. The van der Waals surface area contributed by atoms with Gasteiger partial charge in [-0.15, -0.1) is 0 Å². The fraction of sp³-hybridized carbons (Fsp3) is 0.143. The predicted octanol–water partition coefficient (Wildman–Crippen LogP) is 5.41. The fourth-order valence-corrected chi connectivity index (χ4v) is 2.53. The highest BCUT2D eigenvalue weighted by atomic mass is 79.9. The summed E-state index contributed by atoms with van der Waals surface area (Å²) in [6.07, 6.45) is 0. The molecule has 0 heterocycles. The van der Waals surface area contributed by atoms with Crippen LogP contribution in [0, 0.1) is 18.6 Å². The molecule has 0 aliphatic rings. The largest absolute Gasteiger partial charge is 0.207 e. The van der Waals surface area contributed by atoms with Gasteiger partial charge in [0.25, 0.3) is 0 Å². The summed E-state index contributed by atoms with van der Waals surface area (Å²) in [7, 11) is 0. The van der Waals surface area contributed by atoms with E-state index in [1.165, 1.54) is 18.2 Å². The van der Waals surface area contributed by atoms with E-state index in [1.807, 2.05) is 0 Å². The quantitative estimate of drug-likeness (QED) is 0.645. The van der Waals surface area contributed by atoms with Crippen molar-refractivity contribution in [1.29, 1.82) is 0 Å². The van der Waals surface area contributed by atoms with E-state index in [9.17, 15) is 8.78 Å². The van der Waals surface area contributed by atoms with Crippen LogP contribution in [0.2, 0.25) is 5.02 Å².